The largest absolute Gasteiger partial charge is 0.497 e. The molecule has 0 bridgehead atoms. The molecule has 0 spiro atoms. The van der Waals surface area contributed by atoms with Crippen LogP contribution in [-0.4, -0.2) is 55.7 Å². The zero-order valence-corrected chi connectivity index (χ0v) is 20.6. The Kier molecular flexibility index (Phi) is 6.82. The molecule has 1 aliphatic heterocycles. The van der Waals surface area contributed by atoms with Gasteiger partial charge in [-0.15, -0.1) is 0 Å². The van der Waals surface area contributed by atoms with Crippen LogP contribution in [0.25, 0.3) is 0 Å². The fourth-order valence-electron chi connectivity index (χ4n) is 6.25. The minimum atomic E-state index is -0.223. The summed E-state index contributed by atoms with van der Waals surface area (Å²) in [7, 11) is 3.66. The Morgan fingerprint density at radius 2 is 1.91 bits per heavy atom. The molecule has 3 unspecified atom stereocenters. The van der Waals surface area contributed by atoms with Crippen molar-refractivity contribution >= 4 is 6.09 Å². The molecule has 5 heteroatoms. The van der Waals surface area contributed by atoms with Crippen molar-refractivity contribution in [2.24, 2.45) is 11.8 Å². The first kappa shape index (κ1) is 23.2. The van der Waals surface area contributed by atoms with E-state index in [0.29, 0.717) is 12.5 Å². The molecule has 2 aromatic carbocycles. The summed E-state index contributed by atoms with van der Waals surface area (Å²) in [6.45, 7) is 3.89. The number of nitrogens with zero attached hydrogens (tertiary/aromatic N) is 2. The van der Waals surface area contributed by atoms with Gasteiger partial charge in [0.2, 0.25) is 0 Å². The second-order valence-electron chi connectivity index (χ2n) is 10.6. The van der Waals surface area contributed by atoms with Crippen LogP contribution >= 0.6 is 0 Å². The molecule has 5 rings (SSSR count). The summed E-state index contributed by atoms with van der Waals surface area (Å²) in [6, 6.07) is 18.8. The average molecular weight is 463 g/mol. The first-order valence-corrected chi connectivity index (χ1v) is 12.9. The van der Waals surface area contributed by atoms with Gasteiger partial charge in [0.25, 0.3) is 0 Å². The van der Waals surface area contributed by atoms with E-state index in [2.05, 4.69) is 23.1 Å². The van der Waals surface area contributed by atoms with Gasteiger partial charge in [0.1, 0.15) is 12.4 Å². The number of benzene rings is 2. The van der Waals surface area contributed by atoms with E-state index >= 15 is 0 Å². The van der Waals surface area contributed by atoms with Crippen LogP contribution in [0.2, 0.25) is 0 Å². The minimum Gasteiger partial charge on any atom is -0.497 e. The van der Waals surface area contributed by atoms with E-state index in [1.54, 1.807) is 7.11 Å². The SMILES string of the molecule is COc1cccc(C23CCN(CC4CC4)CC2CCC(N(C)C(=O)OCc2ccccc2)C3)c1. The molecule has 5 nitrogen and oxygen atoms in total. The number of methoxy groups -OCH3 is 1. The normalized spacial score (nSPS) is 27.0. The van der Waals surface area contributed by atoms with E-state index in [4.69, 9.17) is 9.47 Å². The van der Waals surface area contributed by atoms with Gasteiger partial charge < -0.3 is 19.3 Å². The Hall–Kier alpha value is -2.53. The zero-order valence-electron chi connectivity index (χ0n) is 20.6. The number of carbonyl (C=O) groups is 1. The van der Waals surface area contributed by atoms with Crippen LogP contribution in [-0.2, 0) is 16.8 Å². The Morgan fingerprint density at radius 1 is 1.09 bits per heavy atom. The molecule has 1 heterocycles. The summed E-state index contributed by atoms with van der Waals surface area (Å²) in [6.07, 6.45) is 6.88. The van der Waals surface area contributed by atoms with Crippen molar-refractivity contribution in [2.75, 3.05) is 33.8 Å². The molecule has 0 N–H and O–H groups in total. The fourth-order valence-corrected chi connectivity index (χ4v) is 6.25. The maximum absolute atomic E-state index is 13.0. The summed E-state index contributed by atoms with van der Waals surface area (Å²) in [4.78, 5) is 17.5. The third-order valence-electron chi connectivity index (χ3n) is 8.48. The van der Waals surface area contributed by atoms with Gasteiger partial charge in [-0.1, -0.05) is 42.5 Å². The molecule has 1 amide bonds. The summed E-state index contributed by atoms with van der Waals surface area (Å²) >= 11 is 0. The fraction of sp³-hybridized carbons (Fsp3) is 0.552. The smallest absolute Gasteiger partial charge is 0.410 e. The second-order valence-corrected chi connectivity index (χ2v) is 10.6. The minimum absolute atomic E-state index is 0.0749. The summed E-state index contributed by atoms with van der Waals surface area (Å²) in [5.74, 6) is 2.45. The highest BCUT2D eigenvalue weighted by atomic mass is 16.6. The second kappa shape index (κ2) is 9.99. The van der Waals surface area contributed by atoms with Gasteiger partial charge in [-0.2, -0.15) is 0 Å². The molecular formula is C29H38N2O3. The van der Waals surface area contributed by atoms with Gasteiger partial charge in [-0.05, 0) is 80.2 Å². The molecule has 0 aromatic heterocycles. The highest BCUT2D eigenvalue weighted by Crippen LogP contribution is 2.51. The third kappa shape index (κ3) is 4.95. The highest BCUT2D eigenvalue weighted by Gasteiger charge is 2.49. The maximum Gasteiger partial charge on any atom is 0.410 e. The standard InChI is InChI=1S/C29H38N2O3/c1-30(28(32)34-21-23-7-4-3-5-8-23)26-14-13-25-20-31(19-22-11-12-22)16-15-29(25,18-26)24-9-6-10-27(17-24)33-2/h3-10,17,22,25-26H,11-16,18-21H2,1-2H3. The van der Waals surface area contributed by atoms with E-state index in [1.807, 2.05) is 48.3 Å². The van der Waals surface area contributed by atoms with Crippen LogP contribution in [0.3, 0.4) is 0 Å². The van der Waals surface area contributed by atoms with Gasteiger partial charge in [0, 0.05) is 31.6 Å². The van der Waals surface area contributed by atoms with Crippen molar-refractivity contribution < 1.29 is 14.3 Å². The number of carbonyl (C=O) groups excluding carboxylic acids is 1. The van der Waals surface area contributed by atoms with Crippen molar-refractivity contribution in [1.82, 2.24) is 9.80 Å². The molecule has 1 saturated heterocycles. The highest BCUT2D eigenvalue weighted by molar-refractivity contribution is 5.67. The number of likely N-dealkylation sites (tertiary alicyclic amines) is 1. The van der Waals surface area contributed by atoms with Crippen LogP contribution < -0.4 is 4.74 Å². The summed E-state index contributed by atoms with van der Waals surface area (Å²) < 4.78 is 11.3. The topological polar surface area (TPSA) is 42.0 Å². The van der Waals surface area contributed by atoms with Crippen molar-refractivity contribution in [2.45, 2.75) is 56.6 Å². The zero-order chi connectivity index (χ0) is 23.5. The molecule has 3 atom stereocenters. The molecule has 2 aliphatic carbocycles. The number of ether oxygens (including phenoxy) is 2. The number of hydrogen-bond donors (Lipinski definition) is 0. The molecule has 34 heavy (non-hydrogen) atoms. The molecule has 3 fully saturated rings. The number of hydrogen-bond acceptors (Lipinski definition) is 4. The van der Waals surface area contributed by atoms with E-state index in [1.165, 1.54) is 31.5 Å². The Morgan fingerprint density at radius 3 is 2.68 bits per heavy atom. The van der Waals surface area contributed by atoms with E-state index in [-0.39, 0.29) is 17.6 Å². The van der Waals surface area contributed by atoms with Crippen LogP contribution in [0.15, 0.2) is 54.6 Å². The quantitative estimate of drug-likeness (QED) is 0.546. The van der Waals surface area contributed by atoms with Gasteiger partial charge in [0.05, 0.1) is 7.11 Å². The molecule has 3 aliphatic rings. The maximum atomic E-state index is 13.0. The Balaban J connectivity index is 1.32. The average Bonchev–Trinajstić information content (AvgIpc) is 3.71. The number of amides is 1. The molecule has 2 aromatic rings. The predicted molar refractivity (Wildman–Crippen MR) is 134 cm³/mol. The van der Waals surface area contributed by atoms with E-state index in [9.17, 15) is 4.79 Å². The lowest BCUT2D eigenvalue weighted by molar-refractivity contribution is 0.0139. The van der Waals surface area contributed by atoms with Gasteiger partial charge in [-0.3, -0.25) is 0 Å². The monoisotopic (exact) mass is 462 g/mol. The Labute approximate surface area is 204 Å². The predicted octanol–water partition coefficient (Wildman–Crippen LogP) is 5.49. The first-order valence-electron chi connectivity index (χ1n) is 12.9. The van der Waals surface area contributed by atoms with Gasteiger partial charge in [0.15, 0.2) is 0 Å². The molecule has 2 saturated carbocycles. The van der Waals surface area contributed by atoms with Crippen LogP contribution in [0.5, 0.6) is 5.75 Å². The summed E-state index contributed by atoms with van der Waals surface area (Å²) in [5, 5.41) is 0. The van der Waals surface area contributed by atoms with Crippen LogP contribution in [0.4, 0.5) is 4.79 Å². The van der Waals surface area contributed by atoms with Crippen molar-refractivity contribution in [3.8, 4) is 5.75 Å². The summed E-state index contributed by atoms with van der Waals surface area (Å²) in [5.41, 5.74) is 2.47. The van der Waals surface area contributed by atoms with Gasteiger partial charge >= 0.3 is 6.09 Å². The lowest BCUT2D eigenvalue weighted by atomic mass is 9.58. The molecule has 182 valence electrons. The number of fused-ring (bicyclic) bond motifs is 1. The first-order chi connectivity index (χ1) is 16.6. The van der Waals surface area contributed by atoms with Crippen LogP contribution in [0.1, 0.15) is 49.7 Å². The lowest BCUT2D eigenvalue weighted by Gasteiger charge is -2.54. The number of piperidine rings is 1. The van der Waals surface area contributed by atoms with E-state index in [0.717, 1.165) is 49.5 Å². The van der Waals surface area contributed by atoms with E-state index < -0.39 is 0 Å². The molecule has 0 radical (unpaired) electrons. The van der Waals surface area contributed by atoms with Crippen molar-refractivity contribution in [3.05, 3.63) is 65.7 Å². The molecular weight excluding hydrogens is 424 g/mol. The van der Waals surface area contributed by atoms with Crippen molar-refractivity contribution in [3.63, 3.8) is 0 Å². The van der Waals surface area contributed by atoms with Gasteiger partial charge in [-0.25, -0.2) is 4.79 Å². The number of rotatable bonds is 7. The van der Waals surface area contributed by atoms with Crippen molar-refractivity contribution in [1.29, 1.82) is 0 Å². The van der Waals surface area contributed by atoms with Crippen LogP contribution in [0, 0.1) is 11.8 Å². The lowest BCUT2D eigenvalue weighted by Crippen LogP contribution is -2.56. The Bertz CT molecular complexity index is 976. The third-order valence-corrected chi connectivity index (χ3v) is 8.48.